The molecule has 0 saturated carbocycles. The Labute approximate surface area is 131 Å². The van der Waals surface area contributed by atoms with Gasteiger partial charge < -0.3 is 14.2 Å². The second kappa shape index (κ2) is 11.4. The van der Waals surface area contributed by atoms with Crippen LogP contribution in [0.3, 0.4) is 0 Å². The van der Waals surface area contributed by atoms with Crippen LogP contribution in [0.25, 0.3) is 0 Å². The van der Waals surface area contributed by atoms with Crippen LogP contribution in [0.2, 0.25) is 0 Å². The Balaban J connectivity index is 0.00000211. The van der Waals surface area contributed by atoms with Crippen molar-refractivity contribution in [3.63, 3.8) is 0 Å². The second-order valence-corrected chi connectivity index (χ2v) is 4.37. The van der Waals surface area contributed by atoms with Crippen molar-refractivity contribution in [1.29, 1.82) is 0 Å². The number of allylic oxidation sites excluding steroid dienone is 3. The maximum absolute atomic E-state index is 11.6. The van der Waals surface area contributed by atoms with Crippen molar-refractivity contribution in [1.82, 2.24) is 0 Å². The summed E-state index contributed by atoms with van der Waals surface area (Å²) >= 11 is 0. The lowest BCUT2D eigenvalue weighted by molar-refractivity contribution is -0.147. The summed E-state index contributed by atoms with van der Waals surface area (Å²) in [6.07, 6.45) is 14.6. The van der Waals surface area contributed by atoms with Gasteiger partial charge >= 0.3 is 11.9 Å². The van der Waals surface area contributed by atoms with Gasteiger partial charge in [-0.1, -0.05) is 17.7 Å². The molecule has 0 aliphatic heterocycles. The first kappa shape index (κ1) is 19.7. The molecule has 0 heterocycles. The summed E-state index contributed by atoms with van der Waals surface area (Å²) in [6.45, 7) is 3.69. The SMILES string of the molecule is C#C.C=CCC1=CC=C(OC(=O)CCC(=O)OC)C(OC)C1. The van der Waals surface area contributed by atoms with E-state index in [9.17, 15) is 9.59 Å². The monoisotopic (exact) mass is 306 g/mol. The Morgan fingerprint density at radius 2 is 1.91 bits per heavy atom. The predicted octanol–water partition coefficient (Wildman–Crippen LogP) is 2.54. The van der Waals surface area contributed by atoms with Crippen LogP contribution in [0.15, 0.2) is 36.1 Å². The highest BCUT2D eigenvalue weighted by molar-refractivity contribution is 5.78. The number of methoxy groups -OCH3 is 2. The first-order valence-corrected chi connectivity index (χ1v) is 6.74. The van der Waals surface area contributed by atoms with Crippen molar-refractivity contribution < 1.29 is 23.8 Å². The fourth-order valence-corrected chi connectivity index (χ4v) is 1.84. The first-order valence-electron chi connectivity index (χ1n) is 6.74. The maximum atomic E-state index is 11.6. The largest absolute Gasteiger partial charge is 0.469 e. The van der Waals surface area contributed by atoms with Gasteiger partial charge in [-0.3, -0.25) is 9.59 Å². The minimum atomic E-state index is -0.468. The van der Waals surface area contributed by atoms with E-state index in [0.29, 0.717) is 12.2 Å². The van der Waals surface area contributed by atoms with Gasteiger partial charge in [-0.25, -0.2) is 0 Å². The first-order chi connectivity index (χ1) is 10.6. The molecule has 5 heteroatoms. The third kappa shape index (κ3) is 6.91. The number of ether oxygens (including phenoxy) is 3. The van der Waals surface area contributed by atoms with Crippen molar-refractivity contribution in [2.45, 2.75) is 31.8 Å². The zero-order valence-corrected chi connectivity index (χ0v) is 13.0. The van der Waals surface area contributed by atoms with E-state index in [2.05, 4.69) is 24.2 Å². The molecule has 0 spiro atoms. The van der Waals surface area contributed by atoms with E-state index in [0.717, 1.165) is 6.42 Å². The summed E-state index contributed by atoms with van der Waals surface area (Å²) in [5.41, 5.74) is 1.17. The van der Waals surface area contributed by atoms with Crippen molar-refractivity contribution in [2.24, 2.45) is 0 Å². The smallest absolute Gasteiger partial charge is 0.311 e. The van der Waals surface area contributed by atoms with Crippen molar-refractivity contribution in [3.8, 4) is 12.8 Å². The van der Waals surface area contributed by atoms with Gasteiger partial charge in [-0.2, -0.15) is 0 Å². The molecule has 0 fully saturated rings. The normalized spacial score (nSPS) is 16.3. The van der Waals surface area contributed by atoms with Gasteiger partial charge in [0.2, 0.25) is 0 Å². The summed E-state index contributed by atoms with van der Waals surface area (Å²) in [5.74, 6) is -0.435. The molecule has 1 unspecified atom stereocenters. The Kier molecular flexibility index (Phi) is 10.2. The molecule has 0 N–H and O–H groups in total. The minimum absolute atomic E-state index is 0.0102. The van der Waals surface area contributed by atoms with Crippen molar-refractivity contribution in [3.05, 3.63) is 36.1 Å². The van der Waals surface area contributed by atoms with E-state index in [4.69, 9.17) is 9.47 Å². The molecule has 0 aromatic carbocycles. The van der Waals surface area contributed by atoms with Gasteiger partial charge in [-0.15, -0.1) is 19.4 Å². The molecule has 0 amide bonds. The number of carbonyl (C=O) groups is 2. The number of hydrogen-bond donors (Lipinski definition) is 0. The molecular formula is C17H22O5. The molecular weight excluding hydrogens is 284 g/mol. The fraction of sp³-hybridized carbons (Fsp3) is 0.412. The molecule has 5 nitrogen and oxygen atoms in total. The van der Waals surface area contributed by atoms with E-state index in [1.165, 1.54) is 12.7 Å². The lowest BCUT2D eigenvalue weighted by Crippen LogP contribution is -2.22. The van der Waals surface area contributed by atoms with Crippen LogP contribution in [0.4, 0.5) is 0 Å². The van der Waals surface area contributed by atoms with Gasteiger partial charge in [0.1, 0.15) is 11.9 Å². The zero-order valence-electron chi connectivity index (χ0n) is 13.0. The Morgan fingerprint density at radius 1 is 1.27 bits per heavy atom. The van der Waals surface area contributed by atoms with E-state index in [1.54, 1.807) is 13.2 Å². The summed E-state index contributed by atoms with van der Waals surface area (Å²) < 4.78 is 15.0. The standard InChI is InChI=1S/C15H20O5.C2H2/c1-4-5-11-6-7-12(13(10-11)18-2)20-15(17)9-8-14(16)19-3;1-2/h4,6-7,13H,1,5,8-10H2,2-3H3;1-2H. The molecule has 1 atom stereocenters. The van der Waals surface area contributed by atoms with Gasteiger partial charge in [0.15, 0.2) is 0 Å². The van der Waals surface area contributed by atoms with Crippen LogP contribution in [-0.2, 0) is 23.8 Å². The van der Waals surface area contributed by atoms with Gasteiger partial charge in [-0.05, 0) is 12.5 Å². The summed E-state index contributed by atoms with van der Waals surface area (Å²) in [6, 6.07) is 0. The van der Waals surface area contributed by atoms with Gasteiger partial charge in [0.05, 0.1) is 20.0 Å². The Hall–Kier alpha value is -2.32. The highest BCUT2D eigenvalue weighted by Crippen LogP contribution is 2.25. The fourth-order valence-electron chi connectivity index (χ4n) is 1.84. The number of esters is 2. The molecule has 0 aromatic heterocycles. The molecule has 0 saturated heterocycles. The highest BCUT2D eigenvalue weighted by atomic mass is 16.6. The van der Waals surface area contributed by atoms with Crippen LogP contribution in [0, 0.1) is 12.8 Å². The van der Waals surface area contributed by atoms with Crippen LogP contribution in [-0.4, -0.2) is 32.3 Å². The third-order valence-electron chi connectivity index (χ3n) is 2.93. The molecule has 1 aliphatic carbocycles. The third-order valence-corrected chi connectivity index (χ3v) is 2.93. The number of terminal acetylenes is 1. The molecule has 22 heavy (non-hydrogen) atoms. The molecule has 1 aliphatic rings. The van der Waals surface area contributed by atoms with Crippen molar-refractivity contribution >= 4 is 11.9 Å². The van der Waals surface area contributed by atoms with Crippen LogP contribution >= 0.6 is 0 Å². The van der Waals surface area contributed by atoms with Crippen LogP contribution in [0.1, 0.15) is 25.7 Å². The van der Waals surface area contributed by atoms with Gasteiger partial charge in [0, 0.05) is 13.5 Å². The van der Waals surface area contributed by atoms with Crippen molar-refractivity contribution in [2.75, 3.05) is 14.2 Å². The predicted molar refractivity (Wildman–Crippen MR) is 83.6 cm³/mol. The lowest BCUT2D eigenvalue weighted by atomic mass is 9.98. The molecule has 0 aromatic rings. The minimum Gasteiger partial charge on any atom is -0.469 e. The Morgan fingerprint density at radius 3 is 2.45 bits per heavy atom. The summed E-state index contributed by atoms with van der Waals surface area (Å²) in [7, 11) is 2.85. The van der Waals surface area contributed by atoms with Gasteiger partial charge in [0.25, 0.3) is 0 Å². The summed E-state index contributed by atoms with van der Waals surface area (Å²) in [4.78, 5) is 22.6. The molecule has 0 bridgehead atoms. The van der Waals surface area contributed by atoms with E-state index in [-0.39, 0.29) is 18.9 Å². The second-order valence-electron chi connectivity index (χ2n) is 4.37. The quantitative estimate of drug-likeness (QED) is 0.411. The lowest BCUT2D eigenvalue weighted by Gasteiger charge is -2.22. The van der Waals surface area contributed by atoms with E-state index < -0.39 is 11.9 Å². The zero-order chi connectivity index (χ0) is 17.0. The summed E-state index contributed by atoms with van der Waals surface area (Å²) in [5, 5.41) is 0. The average Bonchev–Trinajstić information content (AvgIpc) is 2.56. The Bertz CT molecular complexity index is 471. The molecule has 120 valence electrons. The van der Waals surface area contributed by atoms with Crippen LogP contribution in [0.5, 0.6) is 0 Å². The molecule has 1 rings (SSSR count). The molecule has 0 radical (unpaired) electrons. The maximum Gasteiger partial charge on any atom is 0.311 e. The number of carbonyl (C=O) groups excluding carboxylic acids is 2. The average molecular weight is 306 g/mol. The number of hydrogen-bond acceptors (Lipinski definition) is 5. The topological polar surface area (TPSA) is 61.8 Å². The van der Waals surface area contributed by atoms with E-state index >= 15 is 0 Å². The van der Waals surface area contributed by atoms with E-state index in [1.807, 2.05) is 12.2 Å². The van der Waals surface area contributed by atoms with Crippen LogP contribution < -0.4 is 0 Å². The highest BCUT2D eigenvalue weighted by Gasteiger charge is 2.22. The number of rotatable bonds is 7.